The van der Waals surface area contributed by atoms with Crippen LogP contribution in [0.15, 0.2) is 42.5 Å². The molecule has 0 aliphatic heterocycles. The van der Waals surface area contributed by atoms with Gasteiger partial charge in [0.15, 0.2) is 0 Å². The van der Waals surface area contributed by atoms with E-state index in [9.17, 15) is 9.59 Å². The van der Waals surface area contributed by atoms with Crippen molar-refractivity contribution < 1.29 is 9.59 Å². The van der Waals surface area contributed by atoms with Crippen LogP contribution in [0, 0.1) is 13.8 Å². The number of hydrogen-bond acceptors (Lipinski definition) is 2. The number of rotatable bonds is 4. The SMILES string of the molecule is Cc1ccc(NC(=O)C(C)NC(=O)c2ccc(Cl)cc2)c(C)c1. The number of benzene rings is 2. The van der Waals surface area contributed by atoms with Crippen molar-refractivity contribution in [3.8, 4) is 0 Å². The maximum atomic E-state index is 12.2. The van der Waals surface area contributed by atoms with E-state index < -0.39 is 6.04 Å². The molecule has 0 aliphatic carbocycles. The van der Waals surface area contributed by atoms with Crippen molar-refractivity contribution in [3.05, 3.63) is 64.2 Å². The molecular weight excluding hydrogens is 312 g/mol. The van der Waals surface area contributed by atoms with E-state index in [1.54, 1.807) is 31.2 Å². The van der Waals surface area contributed by atoms with Gasteiger partial charge in [0.1, 0.15) is 6.04 Å². The van der Waals surface area contributed by atoms with E-state index in [-0.39, 0.29) is 11.8 Å². The fourth-order valence-electron chi connectivity index (χ4n) is 2.14. The second-order valence-electron chi connectivity index (χ2n) is 5.51. The molecule has 0 heterocycles. The molecule has 0 bridgehead atoms. The molecule has 0 fully saturated rings. The fourth-order valence-corrected chi connectivity index (χ4v) is 2.27. The van der Waals surface area contributed by atoms with E-state index in [4.69, 9.17) is 11.6 Å². The molecule has 0 saturated heterocycles. The monoisotopic (exact) mass is 330 g/mol. The Kier molecular flexibility index (Phi) is 5.40. The summed E-state index contributed by atoms with van der Waals surface area (Å²) in [5, 5.41) is 6.06. The topological polar surface area (TPSA) is 58.2 Å². The molecular formula is C18H19ClN2O2. The molecule has 5 heteroatoms. The molecule has 0 spiro atoms. The molecule has 0 aromatic heterocycles. The summed E-state index contributed by atoms with van der Waals surface area (Å²) in [6.07, 6.45) is 0. The molecule has 2 aromatic rings. The van der Waals surface area contributed by atoms with Gasteiger partial charge in [0.25, 0.3) is 5.91 Å². The van der Waals surface area contributed by atoms with Gasteiger partial charge in [-0.1, -0.05) is 29.3 Å². The standard InChI is InChI=1S/C18H19ClN2O2/c1-11-4-9-16(12(2)10-11)21-17(22)13(3)20-18(23)14-5-7-15(19)8-6-14/h4-10,13H,1-3H3,(H,20,23)(H,21,22). The lowest BCUT2D eigenvalue weighted by Crippen LogP contribution is -2.41. The predicted molar refractivity (Wildman–Crippen MR) is 92.9 cm³/mol. The smallest absolute Gasteiger partial charge is 0.251 e. The number of aryl methyl sites for hydroxylation is 2. The predicted octanol–water partition coefficient (Wildman–Crippen LogP) is 3.71. The van der Waals surface area contributed by atoms with Gasteiger partial charge in [-0.3, -0.25) is 9.59 Å². The lowest BCUT2D eigenvalue weighted by Gasteiger charge is -2.15. The van der Waals surface area contributed by atoms with Crippen LogP contribution in [-0.4, -0.2) is 17.9 Å². The zero-order valence-corrected chi connectivity index (χ0v) is 14.1. The zero-order valence-electron chi connectivity index (χ0n) is 13.3. The Balaban J connectivity index is 1.99. The van der Waals surface area contributed by atoms with Crippen LogP contribution in [0.3, 0.4) is 0 Å². The molecule has 1 atom stereocenters. The van der Waals surface area contributed by atoms with Crippen LogP contribution in [0.2, 0.25) is 5.02 Å². The van der Waals surface area contributed by atoms with Crippen molar-refractivity contribution >= 4 is 29.1 Å². The van der Waals surface area contributed by atoms with Crippen LogP contribution < -0.4 is 10.6 Å². The summed E-state index contributed by atoms with van der Waals surface area (Å²) in [6, 6.07) is 11.6. The van der Waals surface area contributed by atoms with Gasteiger partial charge in [0.05, 0.1) is 0 Å². The largest absolute Gasteiger partial charge is 0.341 e. The number of nitrogens with one attached hydrogen (secondary N) is 2. The summed E-state index contributed by atoms with van der Waals surface area (Å²) < 4.78 is 0. The van der Waals surface area contributed by atoms with Crippen molar-refractivity contribution in [1.82, 2.24) is 5.32 Å². The Morgan fingerprint density at radius 1 is 1.04 bits per heavy atom. The molecule has 0 aliphatic rings. The summed E-state index contributed by atoms with van der Waals surface area (Å²) >= 11 is 5.79. The molecule has 0 radical (unpaired) electrons. The van der Waals surface area contributed by atoms with E-state index in [2.05, 4.69) is 10.6 Å². The van der Waals surface area contributed by atoms with Crippen molar-refractivity contribution in [2.45, 2.75) is 26.8 Å². The van der Waals surface area contributed by atoms with Crippen molar-refractivity contribution in [3.63, 3.8) is 0 Å². The van der Waals surface area contributed by atoms with Gasteiger partial charge in [0, 0.05) is 16.3 Å². The lowest BCUT2D eigenvalue weighted by atomic mass is 10.1. The van der Waals surface area contributed by atoms with E-state index in [1.807, 2.05) is 32.0 Å². The van der Waals surface area contributed by atoms with Crippen LogP contribution in [0.5, 0.6) is 0 Å². The first-order valence-corrected chi connectivity index (χ1v) is 7.69. The summed E-state index contributed by atoms with van der Waals surface area (Å²) in [6.45, 7) is 5.57. The Labute approximate surface area is 140 Å². The Bertz CT molecular complexity index is 726. The highest BCUT2D eigenvalue weighted by Gasteiger charge is 2.17. The Morgan fingerprint density at radius 2 is 1.70 bits per heavy atom. The molecule has 0 saturated carbocycles. The zero-order chi connectivity index (χ0) is 17.0. The van der Waals surface area contributed by atoms with E-state index in [0.717, 1.165) is 16.8 Å². The van der Waals surface area contributed by atoms with Gasteiger partial charge >= 0.3 is 0 Å². The van der Waals surface area contributed by atoms with Gasteiger partial charge in [-0.15, -0.1) is 0 Å². The maximum Gasteiger partial charge on any atom is 0.251 e. The summed E-state index contributed by atoms with van der Waals surface area (Å²) in [5.74, 6) is -0.579. The van der Waals surface area contributed by atoms with E-state index >= 15 is 0 Å². The van der Waals surface area contributed by atoms with Gasteiger partial charge < -0.3 is 10.6 Å². The molecule has 1 unspecified atom stereocenters. The van der Waals surface area contributed by atoms with Crippen LogP contribution in [0.25, 0.3) is 0 Å². The third kappa shape index (κ3) is 4.57. The first-order chi connectivity index (χ1) is 10.9. The van der Waals surface area contributed by atoms with Gasteiger partial charge in [0.2, 0.25) is 5.91 Å². The van der Waals surface area contributed by atoms with Gasteiger partial charge in [-0.05, 0) is 56.7 Å². The van der Waals surface area contributed by atoms with E-state index in [0.29, 0.717) is 10.6 Å². The lowest BCUT2D eigenvalue weighted by molar-refractivity contribution is -0.117. The molecule has 4 nitrogen and oxygen atoms in total. The molecule has 120 valence electrons. The second kappa shape index (κ2) is 7.29. The van der Waals surface area contributed by atoms with Crippen molar-refractivity contribution in [1.29, 1.82) is 0 Å². The third-order valence-corrected chi connectivity index (χ3v) is 3.74. The highest BCUT2D eigenvalue weighted by molar-refractivity contribution is 6.30. The second-order valence-corrected chi connectivity index (χ2v) is 5.95. The minimum Gasteiger partial charge on any atom is -0.341 e. The van der Waals surface area contributed by atoms with Crippen molar-refractivity contribution in [2.75, 3.05) is 5.32 Å². The summed E-state index contributed by atoms with van der Waals surface area (Å²) in [7, 11) is 0. The van der Waals surface area contributed by atoms with Crippen LogP contribution >= 0.6 is 11.6 Å². The van der Waals surface area contributed by atoms with E-state index in [1.165, 1.54) is 0 Å². The van der Waals surface area contributed by atoms with Crippen LogP contribution in [0.1, 0.15) is 28.4 Å². The first-order valence-electron chi connectivity index (χ1n) is 7.31. The molecule has 23 heavy (non-hydrogen) atoms. The quantitative estimate of drug-likeness (QED) is 0.897. The Morgan fingerprint density at radius 3 is 2.30 bits per heavy atom. The fraction of sp³-hybridized carbons (Fsp3) is 0.222. The van der Waals surface area contributed by atoms with Crippen LogP contribution in [-0.2, 0) is 4.79 Å². The van der Waals surface area contributed by atoms with Gasteiger partial charge in [-0.25, -0.2) is 0 Å². The summed E-state index contributed by atoms with van der Waals surface area (Å²) in [5.41, 5.74) is 3.31. The number of anilines is 1. The number of halogens is 1. The summed E-state index contributed by atoms with van der Waals surface area (Å²) in [4.78, 5) is 24.3. The first kappa shape index (κ1) is 17.0. The molecule has 2 aromatic carbocycles. The maximum absolute atomic E-state index is 12.2. The number of amides is 2. The number of carbonyl (C=O) groups is 2. The van der Waals surface area contributed by atoms with Crippen molar-refractivity contribution in [2.24, 2.45) is 0 Å². The highest BCUT2D eigenvalue weighted by Crippen LogP contribution is 2.16. The Hall–Kier alpha value is -2.33. The van der Waals surface area contributed by atoms with Gasteiger partial charge in [-0.2, -0.15) is 0 Å². The molecule has 2 N–H and O–H groups in total. The highest BCUT2D eigenvalue weighted by atomic mass is 35.5. The third-order valence-electron chi connectivity index (χ3n) is 3.49. The average molecular weight is 331 g/mol. The number of carbonyl (C=O) groups excluding carboxylic acids is 2. The minimum atomic E-state index is -0.654. The normalized spacial score (nSPS) is 11.7. The average Bonchev–Trinajstić information content (AvgIpc) is 2.50. The molecule has 2 rings (SSSR count). The number of hydrogen-bond donors (Lipinski definition) is 2. The van der Waals surface area contributed by atoms with Crippen LogP contribution in [0.4, 0.5) is 5.69 Å². The minimum absolute atomic E-state index is 0.265. The molecule has 2 amide bonds.